The van der Waals surface area contributed by atoms with Gasteiger partial charge in [-0.2, -0.15) is 0 Å². The summed E-state index contributed by atoms with van der Waals surface area (Å²) in [6.07, 6.45) is 2.62. The molecule has 0 unspecified atom stereocenters. The molecule has 0 saturated heterocycles. The van der Waals surface area contributed by atoms with E-state index in [0.29, 0.717) is 9.88 Å². The Hall–Kier alpha value is -1.88. The van der Waals surface area contributed by atoms with Crippen molar-refractivity contribution in [3.05, 3.63) is 35.3 Å². The van der Waals surface area contributed by atoms with Crippen molar-refractivity contribution in [2.75, 3.05) is 0 Å². The molecule has 16 heavy (non-hydrogen) atoms. The van der Waals surface area contributed by atoms with Crippen LogP contribution in [0.5, 0.6) is 5.75 Å². The van der Waals surface area contributed by atoms with Crippen molar-refractivity contribution < 1.29 is 15.0 Å². The van der Waals surface area contributed by atoms with Gasteiger partial charge in [-0.05, 0) is 24.3 Å². The third kappa shape index (κ3) is 2.38. The molecule has 2 rings (SSSR count). The molecular formula is C11H8NO3S. The van der Waals surface area contributed by atoms with E-state index < -0.39 is 5.97 Å². The van der Waals surface area contributed by atoms with Gasteiger partial charge in [-0.3, -0.25) is 4.79 Å². The lowest BCUT2D eigenvalue weighted by molar-refractivity contribution is -0.136. The van der Waals surface area contributed by atoms with Crippen LogP contribution in [0.1, 0.15) is 4.88 Å². The summed E-state index contributed by atoms with van der Waals surface area (Å²) in [5.41, 5.74) is 0.843. The molecule has 1 radical (unpaired) electrons. The lowest BCUT2D eigenvalue weighted by atomic mass is 10.2. The number of phenols is 1. The first-order valence-electron chi connectivity index (χ1n) is 4.54. The molecule has 5 heteroatoms. The van der Waals surface area contributed by atoms with Gasteiger partial charge >= 0.3 is 5.97 Å². The predicted octanol–water partition coefficient (Wildman–Crippen LogP) is 1.94. The van der Waals surface area contributed by atoms with Gasteiger partial charge in [0.15, 0.2) is 0 Å². The van der Waals surface area contributed by atoms with Crippen LogP contribution < -0.4 is 0 Å². The number of rotatable bonds is 3. The van der Waals surface area contributed by atoms with Gasteiger partial charge in [0.2, 0.25) is 0 Å². The zero-order valence-corrected chi connectivity index (χ0v) is 8.99. The van der Waals surface area contributed by atoms with Crippen LogP contribution in [0.25, 0.3) is 10.6 Å². The van der Waals surface area contributed by atoms with E-state index in [1.807, 2.05) is 0 Å². The molecule has 81 valence electrons. The van der Waals surface area contributed by atoms with Crippen molar-refractivity contribution in [3.8, 4) is 16.3 Å². The zero-order chi connectivity index (χ0) is 11.5. The maximum Gasteiger partial charge on any atom is 0.308 e. The van der Waals surface area contributed by atoms with Crippen molar-refractivity contribution in [1.29, 1.82) is 0 Å². The Morgan fingerprint density at radius 1 is 1.38 bits per heavy atom. The maximum absolute atomic E-state index is 10.5. The molecule has 1 aromatic carbocycles. The minimum Gasteiger partial charge on any atom is -0.508 e. The number of carbonyl (C=O) groups is 1. The summed E-state index contributed by atoms with van der Waals surface area (Å²) in [4.78, 5) is 15.1. The molecule has 2 aromatic rings. The third-order valence-corrected chi connectivity index (χ3v) is 2.93. The van der Waals surface area contributed by atoms with Gasteiger partial charge in [0.05, 0.1) is 6.42 Å². The van der Waals surface area contributed by atoms with E-state index >= 15 is 0 Å². The molecule has 0 spiro atoms. The number of hydrogen-bond acceptors (Lipinski definition) is 4. The lowest BCUT2D eigenvalue weighted by Gasteiger charge is -1.95. The van der Waals surface area contributed by atoms with Gasteiger partial charge in [0.25, 0.3) is 0 Å². The van der Waals surface area contributed by atoms with Crippen LogP contribution in [0.15, 0.2) is 24.3 Å². The topological polar surface area (TPSA) is 70.4 Å². The fraction of sp³-hybridized carbons (Fsp3) is 0.0909. The van der Waals surface area contributed by atoms with E-state index in [-0.39, 0.29) is 12.2 Å². The summed E-state index contributed by atoms with van der Waals surface area (Å²) in [6, 6.07) is 6.58. The van der Waals surface area contributed by atoms with E-state index in [2.05, 4.69) is 11.2 Å². The number of carboxylic acid groups (broad SMARTS) is 1. The summed E-state index contributed by atoms with van der Waals surface area (Å²) < 4.78 is 0. The molecule has 0 amide bonds. The van der Waals surface area contributed by atoms with Crippen LogP contribution in [0.3, 0.4) is 0 Å². The van der Waals surface area contributed by atoms with Crippen molar-refractivity contribution >= 4 is 17.3 Å². The molecule has 0 fully saturated rings. The van der Waals surface area contributed by atoms with Crippen LogP contribution in [0.4, 0.5) is 0 Å². The molecule has 0 bridgehead atoms. The molecule has 0 saturated carbocycles. The minimum atomic E-state index is -0.892. The minimum absolute atomic E-state index is 0.0598. The number of phenolic OH excluding ortho intramolecular Hbond substituents is 1. The Kier molecular flexibility index (Phi) is 2.87. The van der Waals surface area contributed by atoms with Gasteiger partial charge in [-0.15, -0.1) is 11.3 Å². The summed E-state index contributed by atoms with van der Waals surface area (Å²) in [7, 11) is 0. The van der Waals surface area contributed by atoms with Crippen molar-refractivity contribution in [2.45, 2.75) is 6.42 Å². The zero-order valence-electron chi connectivity index (χ0n) is 8.17. The number of aromatic nitrogens is 1. The number of nitrogens with zero attached hydrogens (tertiary/aromatic N) is 1. The van der Waals surface area contributed by atoms with Crippen LogP contribution in [-0.2, 0) is 11.2 Å². The summed E-state index contributed by atoms with van der Waals surface area (Å²) in [5, 5.41) is 18.4. The molecule has 0 atom stereocenters. The molecule has 2 N–H and O–H groups in total. The van der Waals surface area contributed by atoms with E-state index in [1.165, 1.54) is 11.3 Å². The normalized spacial score (nSPS) is 10.2. The molecule has 0 aliphatic heterocycles. The fourth-order valence-electron chi connectivity index (χ4n) is 1.22. The SMILES string of the molecule is O=C(O)Cc1[c]nc(-c2ccc(O)cc2)s1. The largest absolute Gasteiger partial charge is 0.508 e. The van der Waals surface area contributed by atoms with Gasteiger partial charge < -0.3 is 10.2 Å². The molecule has 1 aromatic heterocycles. The summed E-state index contributed by atoms with van der Waals surface area (Å²) in [6.45, 7) is 0. The first-order valence-corrected chi connectivity index (χ1v) is 5.35. The van der Waals surface area contributed by atoms with Gasteiger partial charge in [0.1, 0.15) is 17.0 Å². The molecule has 4 nitrogen and oxygen atoms in total. The van der Waals surface area contributed by atoms with E-state index in [0.717, 1.165) is 5.56 Å². The highest BCUT2D eigenvalue weighted by atomic mass is 32.1. The fourth-order valence-corrected chi connectivity index (χ4v) is 2.08. The number of aromatic hydroxyl groups is 1. The Bertz CT molecular complexity index is 504. The van der Waals surface area contributed by atoms with Crippen LogP contribution >= 0.6 is 11.3 Å². The quantitative estimate of drug-likeness (QED) is 0.851. The number of benzene rings is 1. The van der Waals surface area contributed by atoms with Crippen molar-refractivity contribution in [1.82, 2.24) is 4.98 Å². The Balaban J connectivity index is 2.24. The Morgan fingerprint density at radius 3 is 2.69 bits per heavy atom. The highest BCUT2D eigenvalue weighted by Crippen LogP contribution is 2.26. The second kappa shape index (κ2) is 4.32. The molecule has 0 aliphatic carbocycles. The summed E-state index contributed by atoms with van der Waals surface area (Å²) in [5.74, 6) is -0.702. The number of aliphatic carboxylic acids is 1. The van der Waals surface area contributed by atoms with E-state index in [9.17, 15) is 4.79 Å². The van der Waals surface area contributed by atoms with Crippen molar-refractivity contribution in [2.24, 2.45) is 0 Å². The Labute approximate surface area is 95.8 Å². The number of thiazole rings is 1. The molecular weight excluding hydrogens is 226 g/mol. The van der Waals surface area contributed by atoms with Gasteiger partial charge in [-0.1, -0.05) is 0 Å². The van der Waals surface area contributed by atoms with E-state index in [4.69, 9.17) is 10.2 Å². The summed E-state index contributed by atoms with van der Waals surface area (Å²) >= 11 is 1.29. The first-order chi connectivity index (χ1) is 7.65. The van der Waals surface area contributed by atoms with Crippen molar-refractivity contribution in [3.63, 3.8) is 0 Å². The second-order valence-corrected chi connectivity index (χ2v) is 4.26. The predicted molar refractivity (Wildman–Crippen MR) is 59.4 cm³/mol. The highest BCUT2D eigenvalue weighted by Gasteiger charge is 2.08. The Morgan fingerprint density at radius 2 is 2.06 bits per heavy atom. The average molecular weight is 234 g/mol. The standard InChI is InChI=1S/C11H8NO3S/c13-8-3-1-7(2-4-8)11-12-6-9(16-11)5-10(14)15/h1-4,13H,5H2,(H,14,15). The monoisotopic (exact) mass is 234 g/mol. The average Bonchev–Trinajstić information content (AvgIpc) is 2.66. The second-order valence-electron chi connectivity index (χ2n) is 3.17. The number of carboxylic acids is 1. The van der Waals surface area contributed by atoms with Crippen LogP contribution in [0, 0.1) is 6.20 Å². The van der Waals surface area contributed by atoms with Crippen LogP contribution in [0.2, 0.25) is 0 Å². The van der Waals surface area contributed by atoms with Gasteiger partial charge in [-0.25, -0.2) is 4.98 Å². The smallest absolute Gasteiger partial charge is 0.308 e. The number of hydrogen-bond donors (Lipinski definition) is 2. The first kappa shape index (κ1) is 10.6. The van der Waals surface area contributed by atoms with Gasteiger partial charge in [0, 0.05) is 10.4 Å². The molecule has 0 aliphatic rings. The van der Waals surface area contributed by atoms with Crippen LogP contribution in [-0.4, -0.2) is 21.2 Å². The maximum atomic E-state index is 10.5. The highest BCUT2D eigenvalue weighted by molar-refractivity contribution is 7.15. The molecule has 1 heterocycles. The van der Waals surface area contributed by atoms with E-state index in [1.54, 1.807) is 24.3 Å². The third-order valence-electron chi connectivity index (χ3n) is 1.93. The lowest BCUT2D eigenvalue weighted by Crippen LogP contribution is -1.97.